The Balaban J connectivity index is 1.28. The van der Waals surface area contributed by atoms with E-state index in [1.54, 1.807) is 18.6 Å². The number of anilines is 1. The van der Waals surface area contributed by atoms with Crippen molar-refractivity contribution in [2.24, 2.45) is 0 Å². The lowest BCUT2D eigenvalue weighted by Gasteiger charge is -2.34. The van der Waals surface area contributed by atoms with Crippen molar-refractivity contribution in [1.82, 2.24) is 30.0 Å². The van der Waals surface area contributed by atoms with Crippen LogP contribution in [0, 0.1) is 0 Å². The van der Waals surface area contributed by atoms with Gasteiger partial charge in [-0.2, -0.15) is 5.10 Å². The van der Waals surface area contributed by atoms with Crippen LogP contribution < -0.4 is 10.2 Å². The number of aromatic nitrogens is 4. The Bertz CT molecular complexity index is 950. The molecule has 0 spiro atoms. The van der Waals surface area contributed by atoms with Crippen molar-refractivity contribution < 1.29 is 4.79 Å². The molecule has 8 nitrogen and oxygen atoms in total. The molecular weight excluding hydrogens is 378 g/mol. The third kappa shape index (κ3) is 4.49. The second-order valence-corrected chi connectivity index (χ2v) is 7.24. The Morgan fingerprint density at radius 3 is 2.47 bits per heavy atom. The summed E-state index contributed by atoms with van der Waals surface area (Å²) in [5, 5.41) is 7.50. The average Bonchev–Trinajstić information content (AvgIpc) is 3.25. The van der Waals surface area contributed by atoms with Crippen LogP contribution in [0.4, 0.5) is 5.95 Å². The molecular formula is C22H27N7O. The molecule has 0 radical (unpaired) electrons. The predicted octanol–water partition coefficient (Wildman–Crippen LogP) is 1.78. The number of piperazine rings is 1. The summed E-state index contributed by atoms with van der Waals surface area (Å²) in [4.78, 5) is 25.9. The fraction of sp³-hybridized carbons (Fsp3) is 0.364. The minimum Gasteiger partial charge on any atom is -0.351 e. The Morgan fingerprint density at radius 2 is 1.77 bits per heavy atom. The van der Waals surface area contributed by atoms with Crippen LogP contribution in [0.25, 0.3) is 5.69 Å². The molecule has 0 aliphatic carbocycles. The van der Waals surface area contributed by atoms with E-state index in [2.05, 4.69) is 30.2 Å². The standard InChI is InChI=1S/C22H27N7O/c1-2-20-19(17-26-29(20)18-7-4-3-5-8-18)21(30)23-11-12-27-13-15-28(16-14-27)22-24-9-6-10-25-22/h3-10,17H,2,11-16H2,1H3,(H,23,30). The van der Waals surface area contributed by atoms with E-state index in [-0.39, 0.29) is 5.91 Å². The van der Waals surface area contributed by atoms with E-state index in [1.165, 1.54) is 0 Å². The lowest BCUT2D eigenvalue weighted by Crippen LogP contribution is -2.49. The first kappa shape index (κ1) is 20.0. The SMILES string of the molecule is CCc1c(C(=O)NCCN2CCN(c3ncccn3)CC2)cnn1-c1ccccc1. The smallest absolute Gasteiger partial charge is 0.254 e. The second kappa shape index (κ2) is 9.49. The molecule has 1 N–H and O–H groups in total. The van der Waals surface area contributed by atoms with Crippen LogP contribution in [0.2, 0.25) is 0 Å². The van der Waals surface area contributed by atoms with Gasteiger partial charge >= 0.3 is 0 Å². The van der Waals surface area contributed by atoms with Crippen molar-refractivity contribution in [1.29, 1.82) is 0 Å². The second-order valence-electron chi connectivity index (χ2n) is 7.24. The van der Waals surface area contributed by atoms with Gasteiger partial charge in [0.15, 0.2) is 0 Å². The molecule has 1 fully saturated rings. The maximum absolute atomic E-state index is 12.7. The van der Waals surface area contributed by atoms with Crippen molar-refractivity contribution in [2.75, 3.05) is 44.2 Å². The number of hydrogen-bond acceptors (Lipinski definition) is 6. The first-order valence-corrected chi connectivity index (χ1v) is 10.4. The number of carbonyl (C=O) groups is 1. The monoisotopic (exact) mass is 405 g/mol. The van der Waals surface area contributed by atoms with Gasteiger partial charge in [-0.3, -0.25) is 9.69 Å². The zero-order valence-corrected chi connectivity index (χ0v) is 17.2. The number of amides is 1. The molecule has 0 atom stereocenters. The van der Waals surface area contributed by atoms with Crippen LogP contribution in [0.15, 0.2) is 55.0 Å². The molecule has 3 aromatic rings. The highest BCUT2D eigenvalue weighted by atomic mass is 16.1. The molecule has 1 amide bonds. The largest absolute Gasteiger partial charge is 0.351 e. The number of para-hydroxylation sites is 1. The highest BCUT2D eigenvalue weighted by Crippen LogP contribution is 2.15. The summed E-state index contributed by atoms with van der Waals surface area (Å²) in [5.41, 5.74) is 2.54. The summed E-state index contributed by atoms with van der Waals surface area (Å²) in [6.45, 7) is 7.12. The molecule has 1 aliphatic rings. The van der Waals surface area contributed by atoms with Gasteiger partial charge in [0.05, 0.1) is 23.1 Å². The maximum atomic E-state index is 12.7. The van der Waals surface area contributed by atoms with Crippen LogP contribution in [0.1, 0.15) is 23.0 Å². The van der Waals surface area contributed by atoms with Gasteiger partial charge in [0.1, 0.15) is 0 Å². The van der Waals surface area contributed by atoms with E-state index in [0.29, 0.717) is 12.1 Å². The number of carbonyl (C=O) groups excluding carboxylic acids is 1. The summed E-state index contributed by atoms with van der Waals surface area (Å²) in [6, 6.07) is 11.7. The predicted molar refractivity (Wildman–Crippen MR) is 116 cm³/mol. The molecule has 30 heavy (non-hydrogen) atoms. The van der Waals surface area contributed by atoms with Crippen LogP contribution in [-0.4, -0.2) is 69.8 Å². The maximum Gasteiger partial charge on any atom is 0.254 e. The minimum absolute atomic E-state index is 0.0645. The summed E-state index contributed by atoms with van der Waals surface area (Å²) < 4.78 is 1.85. The van der Waals surface area contributed by atoms with E-state index >= 15 is 0 Å². The molecule has 3 heterocycles. The zero-order valence-electron chi connectivity index (χ0n) is 17.2. The van der Waals surface area contributed by atoms with E-state index in [0.717, 1.165) is 56.5 Å². The molecule has 0 bridgehead atoms. The average molecular weight is 406 g/mol. The molecule has 156 valence electrons. The topological polar surface area (TPSA) is 79.2 Å². The van der Waals surface area contributed by atoms with Crippen molar-refractivity contribution >= 4 is 11.9 Å². The highest BCUT2D eigenvalue weighted by Gasteiger charge is 2.20. The van der Waals surface area contributed by atoms with Crippen molar-refractivity contribution in [2.45, 2.75) is 13.3 Å². The zero-order chi connectivity index (χ0) is 20.8. The van der Waals surface area contributed by atoms with Gasteiger partial charge in [-0.05, 0) is 24.6 Å². The van der Waals surface area contributed by atoms with Crippen LogP contribution in [0.5, 0.6) is 0 Å². The molecule has 8 heteroatoms. The number of nitrogens with one attached hydrogen (secondary N) is 1. The molecule has 1 saturated heterocycles. The first-order valence-electron chi connectivity index (χ1n) is 10.4. The van der Waals surface area contributed by atoms with E-state index < -0.39 is 0 Å². The highest BCUT2D eigenvalue weighted by molar-refractivity contribution is 5.95. The fourth-order valence-electron chi connectivity index (χ4n) is 3.74. The molecule has 4 rings (SSSR count). The molecule has 0 unspecified atom stereocenters. The third-order valence-corrected chi connectivity index (χ3v) is 5.37. The Morgan fingerprint density at radius 1 is 1.03 bits per heavy atom. The van der Waals surface area contributed by atoms with E-state index in [9.17, 15) is 4.79 Å². The van der Waals surface area contributed by atoms with E-state index in [1.807, 2.05) is 48.0 Å². The summed E-state index contributed by atoms with van der Waals surface area (Å²) >= 11 is 0. The van der Waals surface area contributed by atoms with Gasteiger partial charge in [-0.25, -0.2) is 14.6 Å². The van der Waals surface area contributed by atoms with Gasteiger partial charge in [0, 0.05) is 51.7 Å². The lowest BCUT2D eigenvalue weighted by molar-refractivity contribution is 0.0947. The normalized spacial score (nSPS) is 14.6. The van der Waals surface area contributed by atoms with E-state index in [4.69, 9.17) is 0 Å². The summed E-state index contributed by atoms with van der Waals surface area (Å²) in [7, 11) is 0. The molecule has 2 aromatic heterocycles. The van der Waals surface area contributed by atoms with Crippen molar-refractivity contribution in [3.8, 4) is 5.69 Å². The number of benzene rings is 1. The van der Waals surface area contributed by atoms with Gasteiger partial charge < -0.3 is 10.2 Å². The van der Waals surface area contributed by atoms with Crippen molar-refractivity contribution in [3.05, 3.63) is 66.2 Å². The Kier molecular flexibility index (Phi) is 6.34. The summed E-state index contributed by atoms with van der Waals surface area (Å²) in [6.07, 6.45) is 5.95. The van der Waals surface area contributed by atoms with Crippen LogP contribution in [-0.2, 0) is 6.42 Å². The molecule has 1 aliphatic heterocycles. The molecule has 1 aromatic carbocycles. The third-order valence-electron chi connectivity index (χ3n) is 5.37. The lowest BCUT2D eigenvalue weighted by atomic mass is 10.2. The Hall–Kier alpha value is -3.26. The Labute approximate surface area is 176 Å². The van der Waals surface area contributed by atoms with Gasteiger partial charge in [-0.15, -0.1) is 0 Å². The fourth-order valence-corrected chi connectivity index (χ4v) is 3.74. The summed E-state index contributed by atoms with van der Waals surface area (Å²) in [5.74, 6) is 0.721. The van der Waals surface area contributed by atoms with Crippen LogP contribution in [0.3, 0.4) is 0 Å². The number of rotatable bonds is 7. The first-order chi connectivity index (χ1) is 14.8. The van der Waals surface area contributed by atoms with Crippen molar-refractivity contribution in [3.63, 3.8) is 0 Å². The van der Waals surface area contributed by atoms with Crippen LogP contribution >= 0.6 is 0 Å². The quantitative estimate of drug-likeness (QED) is 0.646. The minimum atomic E-state index is -0.0645. The van der Waals surface area contributed by atoms with Gasteiger partial charge in [-0.1, -0.05) is 25.1 Å². The van der Waals surface area contributed by atoms with Gasteiger partial charge in [0.25, 0.3) is 5.91 Å². The number of nitrogens with zero attached hydrogens (tertiary/aromatic N) is 6. The van der Waals surface area contributed by atoms with Gasteiger partial charge in [0.2, 0.25) is 5.95 Å². The number of hydrogen-bond donors (Lipinski definition) is 1. The molecule has 0 saturated carbocycles.